The number of halogens is 2. The van der Waals surface area contributed by atoms with Gasteiger partial charge in [-0.2, -0.15) is 0 Å². The Balaban J connectivity index is 1.93. The normalized spacial score (nSPS) is 13.6. The van der Waals surface area contributed by atoms with Crippen molar-refractivity contribution in [1.29, 1.82) is 0 Å². The maximum Gasteiger partial charge on any atom is 0.192 e. The Bertz CT molecular complexity index is 1280. The van der Waals surface area contributed by atoms with E-state index in [1.54, 1.807) is 19.1 Å². The standard InChI is InChI=1S/C29H40ClFN3O3Si/c1-17-25(24-18(2)34-36-19(24)3)32-27(33-26(17)30)22-14-20(12-13-23(22)31)35-16-21(15-28(4,5)6)37-38(10,11)29(7,8)9/h12-15,21H,16H2,1-11H3/t21-/m1/s1. The van der Waals surface area contributed by atoms with Crippen molar-refractivity contribution in [3.8, 4) is 28.4 Å². The SMILES string of the molecule is Cc1noc(C)c1-c1nc(-c2cc(OC[C@@H]([CH]C(C)(C)C)O[Si](C)(C)C(C)(C)C)ccc2F)nc(Cl)c1C. The first kappa shape index (κ1) is 30.3. The summed E-state index contributed by atoms with van der Waals surface area (Å²) in [5.41, 5.74) is 2.76. The monoisotopic (exact) mass is 560 g/mol. The van der Waals surface area contributed by atoms with Gasteiger partial charge in [0.1, 0.15) is 29.1 Å². The van der Waals surface area contributed by atoms with Crippen molar-refractivity contribution in [1.82, 2.24) is 15.1 Å². The Hall–Kier alpha value is -2.29. The second-order valence-electron chi connectivity index (χ2n) is 12.4. The van der Waals surface area contributed by atoms with Crippen molar-refractivity contribution in [3.05, 3.63) is 52.6 Å². The molecule has 0 unspecified atom stereocenters. The van der Waals surface area contributed by atoms with E-state index in [4.69, 9.17) is 25.3 Å². The third kappa shape index (κ3) is 7.01. The van der Waals surface area contributed by atoms with Crippen LogP contribution in [0.2, 0.25) is 23.3 Å². The van der Waals surface area contributed by atoms with Gasteiger partial charge in [-0.1, -0.05) is 58.3 Å². The molecule has 38 heavy (non-hydrogen) atoms. The highest BCUT2D eigenvalue weighted by molar-refractivity contribution is 6.74. The molecule has 6 nitrogen and oxygen atoms in total. The lowest BCUT2D eigenvalue weighted by Gasteiger charge is -2.40. The first-order valence-corrected chi connectivity index (χ1v) is 16.1. The van der Waals surface area contributed by atoms with Crippen LogP contribution in [-0.4, -0.2) is 36.2 Å². The largest absolute Gasteiger partial charge is 0.491 e. The van der Waals surface area contributed by atoms with Crippen molar-refractivity contribution in [2.75, 3.05) is 6.61 Å². The van der Waals surface area contributed by atoms with Crippen LogP contribution in [0.4, 0.5) is 4.39 Å². The first-order valence-electron chi connectivity index (χ1n) is 12.8. The summed E-state index contributed by atoms with van der Waals surface area (Å²) in [6, 6.07) is 4.56. The van der Waals surface area contributed by atoms with Gasteiger partial charge in [-0.3, -0.25) is 0 Å². The molecule has 0 aliphatic heterocycles. The van der Waals surface area contributed by atoms with Gasteiger partial charge in [-0.15, -0.1) is 0 Å². The molecule has 1 atom stereocenters. The summed E-state index contributed by atoms with van der Waals surface area (Å²) in [7, 11) is -2.05. The van der Waals surface area contributed by atoms with E-state index in [-0.39, 0.29) is 33.1 Å². The van der Waals surface area contributed by atoms with Crippen LogP contribution in [0.15, 0.2) is 22.7 Å². The average Bonchev–Trinajstić information content (AvgIpc) is 3.10. The Morgan fingerprint density at radius 3 is 2.29 bits per heavy atom. The van der Waals surface area contributed by atoms with Crippen molar-refractivity contribution in [2.45, 2.75) is 86.5 Å². The van der Waals surface area contributed by atoms with Gasteiger partial charge in [-0.25, -0.2) is 14.4 Å². The summed E-state index contributed by atoms with van der Waals surface area (Å²) in [6.07, 6.45) is 1.96. The smallest absolute Gasteiger partial charge is 0.192 e. The fraction of sp³-hybridized carbons (Fsp3) is 0.517. The van der Waals surface area contributed by atoms with Gasteiger partial charge in [0.2, 0.25) is 0 Å². The molecule has 207 valence electrons. The summed E-state index contributed by atoms with van der Waals surface area (Å²) >= 11 is 6.47. The number of rotatable bonds is 8. The topological polar surface area (TPSA) is 70.3 Å². The molecule has 3 aromatic rings. The van der Waals surface area contributed by atoms with Gasteiger partial charge in [0.15, 0.2) is 14.1 Å². The minimum absolute atomic E-state index is 0.0565. The number of hydrogen-bond acceptors (Lipinski definition) is 6. The van der Waals surface area contributed by atoms with E-state index in [9.17, 15) is 0 Å². The molecular weight excluding hydrogens is 521 g/mol. The maximum atomic E-state index is 15.1. The van der Waals surface area contributed by atoms with E-state index in [2.05, 4.69) is 76.2 Å². The fourth-order valence-corrected chi connectivity index (χ4v) is 5.26. The van der Waals surface area contributed by atoms with Crippen molar-refractivity contribution >= 4 is 19.9 Å². The van der Waals surface area contributed by atoms with Crippen molar-refractivity contribution < 1.29 is 18.1 Å². The number of aromatic nitrogens is 3. The zero-order valence-electron chi connectivity index (χ0n) is 24.4. The zero-order chi connectivity index (χ0) is 28.6. The zero-order valence-corrected chi connectivity index (χ0v) is 26.2. The van der Waals surface area contributed by atoms with E-state index < -0.39 is 14.1 Å². The highest BCUT2D eigenvalue weighted by Crippen LogP contribution is 2.39. The van der Waals surface area contributed by atoms with Crippen LogP contribution in [0.5, 0.6) is 5.75 Å². The molecule has 0 aliphatic carbocycles. The van der Waals surface area contributed by atoms with E-state index in [1.807, 2.05) is 13.8 Å². The molecule has 1 radical (unpaired) electrons. The summed E-state index contributed by atoms with van der Waals surface area (Å²) in [4.78, 5) is 9.05. The summed E-state index contributed by atoms with van der Waals surface area (Å²) in [5, 5.41) is 4.31. The minimum Gasteiger partial charge on any atom is -0.491 e. The van der Waals surface area contributed by atoms with Gasteiger partial charge < -0.3 is 13.7 Å². The molecule has 0 amide bonds. The molecular formula is C29H40ClFN3O3Si. The summed E-state index contributed by atoms with van der Waals surface area (Å²) in [5.74, 6) is 0.782. The Morgan fingerprint density at radius 2 is 1.74 bits per heavy atom. The molecule has 0 bridgehead atoms. The molecule has 0 fully saturated rings. The molecule has 1 aromatic carbocycles. The van der Waals surface area contributed by atoms with Crippen molar-refractivity contribution in [2.24, 2.45) is 5.41 Å². The van der Waals surface area contributed by atoms with Crippen LogP contribution >= 0.6 is 11.6 Å². The van der Waals surface area contributed by atoms with E-state index in [0.29, 0.717) is 35.1 Å². The number of hydrogen-bond donors (Lipinski definition) is 0. The molecule has 2 heterocycles. The third-order valence-electron chi connectivity index (χ3n) is 6.89. The second-order valence-corrected chi connectivity index (χ2v) is 17.5. The first-order chi connectivity index (χ1) is 17.4. The lowest BCUT2D eigenvalue weighted by Crippen LogP contribution is -2.46. The molecule has 3 rings (SSSR count). The van der Waals surface area contributed by atoms with Crippen LogP contribution in [0.3, 0.4) is 0 Å². The van der Waals surface area contributed by atoms with Crippen LogP contribution in [-0.2, 0) is 4.43 Å². The van der Waals surface area contributed by atoms with Crippen LogP contribution in [0, 0.1) is 38.4 Å². The second kappa shape index (κ2) is 11.1. The van der Waals surface area contributed by atoms with Gasteiger partial charge in [0.05, 0.1) is 28.6 Å². The van der Waals surface area contributed by atoms with Crippen LogP contribution in [0.1, 0.15) is 58.6 Å². The fourth-order valence-electron chi connectivity index (χ4n) is 3.85. The van der Waals surface area contributed by atoms with E-state index in [1.165, 1.54) is 6.07 Å². The summed E-state index contributed by atoms with van der Waals surface area (Å²) in [6.45, 7) is 23.2. The Morgan fingerprint density at radius 1 is 1.08 bits per heavy atom. The van der Waals surface area contributed by atoms with Gasteiger partial charge in [0, 0.05) is 5.56 Å². The van der Waals surface area contributed by atoms with E-state index >= 15 is 4.39 Å². The highest BCUT2D eigenvalue weighted by atomic mass is 35.5. The molecule has 0 N–H and O–H groups in total. The predicted octanol–water partition coefficient (Wildman–Crippen LogP) is 8.54. The predicted molar refractivity (Wildman–Crippen MR) is 153 cm³/mol. The molecule has 0 saturated heterocycles. The highest BCUT2D eigenvalue weighted by Gasteiger charge is 2.40. The van der Waals surface area contributed by atoms with Crippen LogP contribution < -0.4 is 4.74 Å². The quantitative estimate of drug-likeness (QED) is 0.203. The average molecular weight is 561 g/mol. The van der Waals surface area contributed by atoms with Crippen molar-refractivity contribution in [3.63, 3.8) is 0 Å². The number of ether oxygens (including phenoxy) is 1. The Labute approximate surface area is 232 Å². The van der Waals surface area contributed by atoms with Gasteiger partial charge in [-0.05, 0) is 68.9 Å². The molecule has 2 aromatic heterocycles. The Kier molecular flexibility index (Phi) is 8.81. The molecule has 0 saturated carbocycles. The van der Waals surface area contributed by atoms with E-state index in [0.717, 1.165) is 5.56 Å². The number of nitrogens with zero attached hydrogens (tertiary/aromatic N) is 3. The van der Waals surface area contributed by atoms with Gasteiger partial charge in [0.25, 0.3) is 0 Å². The summed E-state index contributed by atoms with van der Waals surface area (Å²) < 4.78 is 33.2. The third-order valence-corrected chi connectivity index (χ3v) is 11.8. The lowest BCUT2D eigenvalue weighted by molar-refractivity contribution is 0.121. The minimum atomic E-state index is -2.05. The van der Waals surface area contributed by atoms with Crippen LogP contribution in [0.25, 0.3) is 22.6 Å². The maximum absolute atomic E-state index is 15.1. The van der Waals surface area contributed by atoms with Gasteiger partial charge >= 0.3 is 0 Å². The molecule has 0 aliphatic rings. The number of aryl methyl sites for hydroxylation is 2. The molecule has 9 heteroatoms. The molecule has 0 spiro atoms. The lowest BCUT2D eigenvalue weighted by atomic mass is 9.89. The number of benzene rings is 1.